The van der Waals surface area contributed by atoms with E-state index in [1.165, 1.54) is 31.2 Å². The molecule has 0 radical (unpaired) electrons. The molecule has 6 N–H and O–H groups in total. The highest BCUT2D eigenvalue weighted by molar-refractivity contribution is 5.88. The summed E-state index contributed by atoms with van der Waals surface area (Å²) in [5.74, 6) is -1.51. The van der Waals surface area contributed by atoms with Crippen LogP contribution in [0.15, 0.2) is 45.6 Å². The fraction of sp³-hybridized carbons (Fsp3) is 0.286. The summed E-state index contributed by atoms with van der Waals surface area (Å²) in [4.78, 5) is 13.2. The lowest BCUT2D eigenvalue weighted by atomic mass is 10.00. The molecule has 0 spiro atoms. The highest BCUT2D eigenvalue weighted by Gasteiger charge is 2.44. The van der Waals surface area contributed by atoms with Gasteiger partial charge in [-0.3, -0.25) is 4.79 Å². The zero-order valence-corrected chi connectivity index (χ0v) is 16.2. The Morgan fingerprint density at radius 1 is 0.903 bits per heavy atom. The molecule has 0 amide bonds. The average Bonchev–Trinajstić information content (AvgIpc) is 2.72. The first kappa shape index (κ1) is 20.9. The summed E-state index contributed by atoms with van der Waals surface area (Å²) in [5.41, 5.74) is -0.661. The molecule has 0 bridgehead atoms. The van der Waals surface area contributed by atoms with Gasteiger partial charge in [0, 0.05) is 17.7 Å². The average molecular weight is 432 g/mol. The molecule has 0 unspecified atom stereocenters. The number of aromatic hydroxyl groups is 3. The van der Waals surface area contributed by atoms with Crippen molar-refractivity contribution in [3.05, 3.63) is 46.6 Å². The minimum absolute atomic E-state index is 0.0402. The molecular weight excluding hydrogens is 412 g/mol. The van der Waals surface area contributed by atoms with Gasteiger partial charge in [0.15, 0.2) is 5.76 Å². The second kappa shape index (κ2) is 7.75. The van der Waals surface area contributed by atoms with E-state index in [-0.39, 0.29) is 28.2 Å². The number of hydrogen-bond acceptors (Lipinski definition) is 10. The predicted molar refractivity (Wildman–Crippen MR) is 106 cm³/mol. The van der Waals surface area contributed by atoms with Gasteiger partial charge in [0.25, 0.3) is 0 Å². The lowest BCUT2D eigenvalue weighted by Crippen LogP contribution is -2.58. The van der Waals surface area contributed by atoms with Crippen LogP contribution in [0.25, 0.3) is 22.3 Å². The summed E-state index contributed by atoms with van der Waals surface area (Å²) in [6, 6.07) is 7.66. The number of phenols is 3. The van der Waals surface area contributed by atoms with Crippen LogP contribution >= 0.6 is 0 Å². The van der Waals surface area contributed by atoms with Gasteiger partial charge in [0.1, 0.15) is 46.5 Å². The predicted octanol–water partition coefficient (Wildman–Crippen LogP) is 0.783. The third kappa shape index (κ3) is 3.66. The summed E-state index contributed by atoms with van der Waals surface area (Å²) in [6.45, 7) is 1.45. The zero-order chi connectivity index (χ0) is 22.4. The minimum Gasteiger partial charge on any atom is -0.508 e. The molecule has 0 aliphatic carbocycles. The van der Waals surface area contributed by atoms with Gasteiger partial charge in [-0.2, -0.15) is 0 Å². The molecule has 4 rings (SSSR count). The topological polar surface area (TPSA) is 170 Å². The van der Waals surface area contributed by atoms with Crippen molar-refractivity contribution >= 4 is 11.0 Å². The number of hydrogen-bond donors (Lipinski definition) is 6. The molecule has 5 atom stereocenters. The number of phenolic OH excluding ortho intramolecular Hbond substituents is 3. The van der Waals surface area contributed by atoms with E-state index in [2.05, 4.69) is 0 Å². The smallest absolute Gasteiger partial charge is 0.239 e. The third-order valence-electron chi connectivity index (χ3n) is 5.09. The monoisotopic (exact) mass is 432 g/mol. The SMILES string of the molecule is C[C@@H]1O[C@H](Oc2c(-c3ccc(O)cc3)oc3cc(O)cc(O)c3c2=O)[C@@H](O)[C@H](O)[C@H]1O. The molecule has 31 heavy (non-hydrogen) atoms. The summed E-state index contributed by atoms with van der Waals surface area (Å²) in [7, 11) is 0. The van der Waals surface area contributed by atoms with Crippen LogP contribution in [0.4, 0.5) is 0 Å². The van der Waals surface area contributed by atoms with Crippen molar-refractivity contribution in [1.29, 1.82) is 0 Å². The van der Waals surface area contributed by atoms with E-state index >= 15 is 0 Å². The van der Waals surface area contributed by atoms with Crippen LogP contribution in [0.1, 0.15) is 6.92 Å². The van der Waals surface area contributed by atoms with Gasteiger partial charge >= 0.3 is 0 Å². The van der Waals surface area contributed by atoms with Crippen LogP contribution in [-0.4, -0.2) is 61.3 Å². The Balaban J connectivity index is 1.90. The molecule has 1 aliphatic heterocycles. The van der Waals surface area contributed by atoms with Gasteiger partial charge in [-0.1, -0.05) is 0 Å². The summed E-state index contributed by atoms with van der Waals surface area (Å²) in [5, 5.41) is 59.4. The van der Waals surface area contributed by atoms with E-state index in [1.807, 2.05) is 0 Å². The van der Waals surface area contributed by atoms with Gasteiger partial charge in [-0.25, -0.2) is 0 Å². The van der Waals surface area contributed by atoms with Crippen molar-refractivity contribution in [3.63, 3.8) is 0 Å². The molecule has 10 heteroatoms. The fourth-order valence-corrected chi connectivity index (χ4v) is 3.41. The highest BCUT2D eigenvalue weighted by Crippen LogP contribution is 2.37. The van der Waals surface area contributed by atoms with E-state index in [9.17, 15) is 35.4 Å². The molecule has 164 valence electrons. The molecule has 1 aliphatic rings. The van der Waals surface area contributed by atoms with Crippen molar-refractivity contribution in [2.24, 2.45) is 0 Å². The number of benzene rings is 2. The lowest BCUT2D eigenvalue weighted by molar-refractivity contribution is -0.268. The van der Waals surface area contributed by atoms with E-state index in [1.54, 1.807) is 0 Å². The normalized spacial score (nSPS) is 26.1. The first-order valence-electron chi connectivity index (χ1n) is 9.36. The largest absolute Gasteiger partial charge is 0.508 e. The van der Waals surface area contributed by atoms with Gasteiger partial charge in [0.2, 0.25) is 17.5 Å². The Hall–Kier alpha value is -3.31. The van der Waals surface area contributed by atoms with Gasteiger partial charge in [-0.15, -0.1) is 0 Å². The van der Waals surface area contributed by atoms with Crippen molar-refractivity contribution in [1.82, 2.24) is 0 Å². The zero-order valence-electron chi connectivity index (χ0n) is 16.2. The molecule has 2 aromatic carbocycles. The maximum Gasteiger partial charge on any atom is 0.239 e. The van der Waals surface area contributed by atoms with Crippen LogP contribution in [0.2, 0.25) is 0 Å². The minimum atomic E-state index is -1.69. The van der Waals surface area contributed by atoms with Crippen LogP contribution in [-0.2, 0) is 4.74 Å². The van der Waals surface area contributed by atoms with Crippen molar-refractivity contribution in [2.75, 3.05) is 0 Å². The first-order valence-corrected chi connectivity index (χ1v) is 9.36. The van der Waals surface area contributed by atoms with Crippen LogP contribution in [0.3, 0.4) is 0 Å². The molecule has 2 heterocycles. The quantitative estimate of drug-likeness (QED) is 0.348. The van der Waals surface area contributed by atoms with Gasteiger partial charge in [0.05, 0.1) is 6.10 Å². The van der Waals surface area contributed by atoms with Gasteiger partial charge in [-0.05, 0) is 31.2 Å². The first-order chi connectivity index (χ1) is 14.7. The number of aliphatic hydroxyl groups excluding tert-OH is 3. The second-order valence-corrected chi connectivity index (χ2v) is 7.27. The Morgan fingerprint density at radius 3 is 2.26 bits per heavy atom. The third-order valence-corrected chi connectivity index (χ3v) is 5.09. The Kier molecular flexibility index (Phi) is 5.23. The van der Waals surface area contributed by atoms with Crippen LogP contribution in [0, 0.1) is 0 Å². The maximum absolute atomic E-state index is 13.2. The molecular formula is C21H20O10. The van der Waals surface area contributed by atoms with Gasteiger partial charge < -0.3 is 44.5 Å². The Labute approximate surface area is 174 Å². The number of rotatable bonds is 3. The molecule has 10 nitrogen and oxygen atoms in total. The second-order valence-electron chi connectivity index (χ2n) is 7.27. The number of aliphatic hydroxyl groups is 3. The van der Waals surface area contributed by atoms with Crippen LogP contribution < -0.4 is 10.2 Å². The summed E-state index contributed by atoms with van der Waals surface area (Å²) in [6.07, 6.45) is -7.11. The van der Waals surface area contributed by atoms with E-state index in [0.717, 1.165) is 12.1 Å². The molecule has 1 aromatic heterocycles. The lowest BCUT2D eigenvalue weighted by Gasteiger charge is -2.38. The van der Waals surface area contributed by atoms with Crippen LogP contribution in [0.5, 0.6) is 23.0 Å². The highest BCUT2D eigenvalue weighted by atomic mass is 16.7. The van der Waals surface area contributed by atoms with E-state index in [4.69, 9.17) is 13.9 Å². The summed E-state index contributed by atoms with van der Waals surface area (Å²) >= 11 is 0. The Bertz CT molecular complexity index is 1170. The molecule has 1 fully saturated rings. The molecule has 3 aromatic rings. The van der Waals surface area contributed by atoms with Crippen molar-refractivity contribution < 1.29 is 44.5 Å². The molecule has 0 saturated carbocycles. The maximum atomic E-state index is 13.2. The van der Waals surface area contributed by atoms with E-state index in [0.29, 0.717) is 5.56 Å². The van der Waals surface area contributed by atoms with E-state index < -0.39 is 47.6 Å². The number of ether oxygens (including phenoxy) is 2. The standard InChI is InChI=1S/C21H20O10/c1-8-15(25)17(27)18(28)21(29-8)31-20-16(26)14-12(24)6-11(23)7-13(14)30-19(20)9-2-4-10(22)5-3-9/h2-8,15,17-18,21-25,27-28H,1H3/t8-,15-,17+,18-,21+/m0/s1. The summed E-state index contributed by atoms with van der Waals surface area (Å²) < 4.78 is 16.8. The van der Waals surface area contributed by atoms with Crippen molar-refractivity contribution in [3.8, 4) is 34.3 Å². The van der Waals surface area contributed by atoms with Crippen molar-refractivity contribution in [2.45, 2.75) is 37.6 Å². The Morgan fingerprint density at radius 2 is 1.58 bits per heavy atom. The number of fused-ring (bicyclic) bond motifs is 1. The fourth-order valence-electron chi connectivity index (χ4n) is 3.41. The molecule has 1 saturated heterocycles.